The van der Waals surface area contributed by atoms with E-state index in [0.29, 0.717) is 12.2 Å². The Hall–Kier alpha value is -3.15. The number of aryl methyl sites for hydroxylation is 1. The molecular formula is C17H16N4O2. The lowest BCUT2D eigenvalue weighted by Gasteiger charge is -2.08. The molecule has 2 aromatic carbocycles. The molecule has 0 aliphatic carbocycles. The summed E-state index contributed by atoms with van der Waals surface area (Å²) in [5.41, 5.74) is 4.54. The maximum absolute atomic E-state index is 11.1. The van der Waals surface area contributed by atoms with E-state index in [2.05, 4.69) is 15.5 Å². The maximum Gasteiger partial charge on any atom is 0.292 e. The molecule has 116 valence electrons. The van der Waals surface area contributed by atoms with Gasteiger partial charge in [0, 0.05) is 18.8 Å². The molecule has 3 aromatic rings. The van der Waals surface area contributed by atoms with Crippen LogP contribution >= 0.6 is 0 Å². The van der Waals surface area contributed by atoms with Gasteiger partial charge >= 0.3 is 0 Å². The van der Waals surface area contributed by atoms with Gasteiger partial charge in [0.2, 0.25) is 0 Å². The molecule has 0 atom stereocenters. The zero-order valence-corrected chi connectivity index (χ0v) is 12.6. The monoisotopic (exact) mass is 308 g/mol. The van der Waals surface area contributed by atoms with Crippen LogP contribution < -0.4 is 5.32 Å². The van der Waals surface area contributed by atoms with E-state index in [9.17, 15) is 10.1 Å². The summed E-state index contributed by atoms with van der Waals surface area (Å²) in [4.78, 5) is 10.8. The van der Waals surface area contributed by atoms with Gasteiger partial charge in [-0.25, -0.2) is 0 Å². The van der Waals surface area contributed by atoms with Gasteiger partial charge in [0.1, 0.15) is 5.69 Å². The zero-order valence-electron chi connectivity index (χ0n) is 12.6. The number of anilines is 1. The van der Waals surface area contributed by atoms with E-state index in [-0.39, 0.29) is 10.6 Å². The van der Waals surface area contributed by atoms with Gasteiger partial charge < -0.3 is 5.32 Å². The summed E-state index contributed by atoms with van der Waals surface area (Å²) >= 11 is 0. The van der Waals surface area contributed by atoms with Crippen molar-refractivity contribution in [3.8, 4) is 11.3 Å². The lowest BCUT2D eigenvalue weighted by atomic mass is 10.1. The van der Waals surface area contributed by atoms with Gasteiger partial charge in [0.15, 0.2) is 0 Å². The van der Waals surface area contributed by atoms with E-state index in [1.165, 1.54) is 0 Å². The van der Waals surface area contributed by atoms with Crippen LogP contribution in [0.1, 0.15) is 11.1 Å². The number of rotatable bonds is 5. The van der Waals surface area contributed by atoms with E-state index in [4.69, 9.17) is 0 Å². The summed E-state index contributed by atoms with van der Waals surface area (Å²) in [5.74, 6) is 0. The molecule has 0 aliphatic heterocycles. The van der Waals surface area contributed by atoms with Crippen LogP contribution in [0.5, 0.6) is 0 Å². The lowest BCUT2D eigenvalue weighted by Crippen LogP contribution is -2.02. The van der Waals surface area contributed by atoms with Crippen LogP contribution in [-0.4, -0.2) is 15.1 Å². The second-order valence-electron chi connectivity index (χ2n) is 5.30. The number of H-pyrrole nitrogens is 1. The molecule has 0 saturated heterocycles. The number of nitro groups is 1. The molecule has 2 N–H and O–H groups in total. The first kappa shape index (κ1) is 14.8. The largest absolute Gasteiger partial charge is 0.375 e. The summed E-state index contributed by atoms with van der Waals surface area (Å²) in [7, 11) is 0. The van der Waals surface area contributed by atoms with Crippen molar-refractivity contribution >= 4 is 11.4 Å². The van der Waals surface area contributed by atoms with Crippen LogP contribution in [0.3, 0.4) is 0 Å². The molecule has 6 heteroatoms. The van der Waals surface area contributed by atoms with Gasteiger partial charge in [-0.15, -0.1) is 0 Å². The van der Waals surface area contributed by atoms with Crippen molar-refractivity contribution in [1.29, 1.82) is 0 Å². The van der Waals surface area contributed by atoms with E-state index in [1.54, 1.807) is 18.3 Å². The molecule has 6 nitrogen and oxygen atoms in total. The Bertz CT molecular complexity index is 811. The van der Waals surface area contributed by atoms with Crippen molar-refractivity contribution in [2.24, 2.45) is 0 Å². The van der Waals surface area contributed by atoms with Gasteiger partial charge in [-0.05, 0) is 35.7 Å². The van der Waals surface area contributed by atoms with Crippen LogP contribution in [0.4, 0.5) is 11.4 Å². The predicted octanol–water partition coefficient (Wildman–Crippen LogP) is 3.91. The summed E-state index contributed by atoms with van der Waals surface area (Å²) in [6.07, 6.45) is 1.71. The molecule has 1 heterocycles. The highest BCUT2D eigenvalue weighted by molar-refractivity contribution is 5.63. The predicted molar refractivity (Wildman–Crippen MR) is 89.2 cm³/mol. The minimum absolute atomic E-state index is 0.0964. The molecule has 0 unspecified atom stereocenters. The van der Waals surface area contributed by atoms with E-state index >= 15 is 0 Å². The lowest BCUT2D eigenvalue weighted by molar-refractivity contribution is -0.384. The SMILES string of the molecule is Cc1ccc(NCc2ccc(-c3ccn[nH]3)cc2)c([N+](=O)[O-])c1. The maximum atomic E-state index is 11.1. The Morgan fingerprint density at radius 2 is 1.96 bits per heavy atom. The first-order chi connectivity index (χ1) is 11.1. The third-order valence-corrected chi connectivity index (χ3v) is 3.60. The number of aromatic nitrogens is 2. The first-order valence-electron chi connectivity index (χ1n) is 7.21. The van der Waals surface area contributed by atoms with Gasteiger partial charge in [-0.2, -0.15) is 5.10 Å². The Balaban J connectivity index is 1.73. The van der Waals surface area contributed by atoms with Crippen LogP contribution in [0.15, 0.2) is 54.7 Å². The average molecular weight is 308 g/mol. The molecule has 0 saturated carbocycles. The van der Waals surface area contributed by atoms with E-state index in [1.807, 2.05) is 43.3 Å². The van der Waals surface area contributed by atoms with Crippen molar-refractivity contribution in [3.63, 3.8) is 0 Å². The van der Waals surface area contributed by atoms with Crippen molar-refractivity contribution in [2.45, 2.75) is 13.5 Å². The highest BCUT2D eigenvalue weighted by atomic mass is 16.6. The van der Waals surface area contributed by atoms with Crippen molar-refractivity contribution < 1.29 is 4.92 Å². The second kappa shape index (κ2) is 6.31. The number of aromatic amines is 1. The highest BCUT2D eigenvalue weighted by Gasteiger charge is 2.13. The molecule has 0 fully saturated rings. The number of benzene rings is 2. The minimum Gasteiger partial charge on any atom is -0.375 e. The van der Waals surface area contributed by atoms with Crippen molar-refractivity contribution in [1.82, 2.24) is 10.2 Å². The fourth-order valence-electron chi connectivity index (χ4n) is 2.36. The summed E-state index contributed by atoms with van der Waals surface area (Å²) < 4.78 is 0. The summed E-state index contributed by atoms with van der Waals surface area (Å²) in [6, 6.07) is 15.0. The van der Waals surface area contributed by atoms with Crippen molar-refractivity contribution in [3.05, 3.63) is 76.0 Å². The van der Waals surface area contributed by atoms with E-state index in [0.717, 1.165) is 22.4 Å². The normalized spacial score (nSPS) is 10.5. The third kappa shape index (κ3) is 3.37. The standard InChI is InChI=1S/C17H16N4O2/c1-12-2-7-16(17(10-12)21(22)23)18-11-13-3-5-14(6-4-13)15-8-9-19-20-15/h2-10,18H,11H2,1H3,(H,19,20). The average Bonchev–Trinajstić information content (AvgIpc) is 3.08. The Kier molecular flexibility index (Phi) is 4.05. The molecule has 3 rings (SSSR count). The topological polar surface area (TPSA) is 83.8 Å². The molecule has 0 spiro atoms. The number of hydrogen-bond acceptors (Lipinski definition) is 4. The Morgan fingerprint density at radius 1 is 1.17 bits per heavy atom. The minimum atomic E-state index is -0.364. The fourth-order valence-corrected chi connectivity index (χ4v) is 2.36. The zero-order chi connectivity index (χ0) is 16.2. The summed E-state index contributed by atoms with van der Waals surface area (Å²) in [6.45, 7) is 2.36. The number of nitrogens with one attached hydrogen (secondary N) is 2. The van der Waals surface area contributed by atoms with Crippen LogP contribution in [0.2, 0.25) is 0 Å². The van der Waals surface area contributed by atoms with Crippen LogP contribution in [0.25, 0.3) is 11.3 Å². The van der Waals surface area contributed by atoms with Crippen LogP contribution in [-0.2, 0) is 6.54 Å². The Morgan fingerprint density at radius 3 is 2.61 bits per heavy atom. The first-order valence-corrected chi connectivity index (χ1v) is 7.21. The number of hydrogen-bond donors (Lipinski definition) is 2. The van der Waals surface area contributed by atoms with Gasteiger partial charge in [-0.3, -0.25) is 15.2 Å². The molecule has 1 aromatic heterocycles. The highest BCUT2D eigenvalue weighted by Crippen LogP contribution is 2.26. The van der Waals surface area contributed by atoms with Crippen LogP contribution in [0, 0.1) is 17.0 Å². The molecular weight excluding hydrogens is 292 g/mol. The third-order valence-electron chi connectivity index (χ3n) is 3.60. The smallest absolute Gasteiger partial charge is 0.292 e. The quantitative estimate of drug-likeness (QED) is 0.553. The Labute approximate surface area is 133 Å². The van der Waals surface area contributed by atoms with Gasteiger partial charge in [0.25, 0.3) is 5.69 Å². The fraction of sp³-hybridized carbons (Fsp3) is 0.118. The molecule has 0 radical (unpaired) electrons. The van der Waals surface area contributed by atoms with E-state index < -0.39 is 0 Å². The number of nitro benzene ring substituents is 1. The molecule has 0 bridgehead atoms. The molecule has 23 heavy (non-hydrogen) atoms. The molecule has 0 amide bonds. The number of nitrogens with zero attached hydrogens (tertiary/aromatic N) is 2. The van der Waals surface area contributed by atoms with Gasteiger partial charge in [-0.1, -0.05) is 30.3 Å². The summed E-state index contributed by atoms with van der Waals surface area (Å²) in [5, 5.41) is 21.1. The second-order valence-corrected chi connectivity index (χ2v) is 5.30. The van der Waals surface area contributed by atoms with Gasteiger partial charge in [0.05, 0.1) is 10.6 Å². The molecule has 0 aliphatic rings. The van der Waals surface area contributed by atoms with Crippen molar-refractivity contribution in [2.75, 3.05) is 5.32 Å².